The number of likely N-dealkylation sites (N-methyl/N-ethyl adjacent to an activating group) is 1. The van der Waals surface area contributed by atoms with Crippen LogP contribution in [0, 0.1) is 5.92 Å². The lowest BCUT2D eigenvalue weighted by atomic mass is 9.96. The molecule has 2 rings (SSSR count). The van der Waals surface area contributed by atoms with Gasteiger partial charge in [-0.05, 0) is 33.6 Å². The molecule has 0 aliphatic carbocycles. The molecule has 0 aromatic heterocycles. The molecular formula is C18H31N3O5. The summed E-state index contributed by atoms with van der Waals surface area (Å²) in [5, 5.41) is 0. The highest BCUT2D eigenvalue weighted by molar-refractivity contribution is 5.84. The molecule has 0 radical (unpaired) electrons. The molecule has 8 heteroatoms. The highest BCUT2D eigenvalue weighted by Gasteiger charge is 2.32. The smallest absolute Gasteiger partial charge is 0.410 e. The molecule has 8 nitrogen and oxygen atoms in total. The first-order valence-electron chi connectivity index (χ1n) is 9.26. The van der Waals surface area contributed by atoms with Gasteiger partial charge in [-0.2, -0.15) is 0 Å². The molecule has 1 atom stereocenters. The summed E-state index contributed by atoms with van der Waals surface area (Å²) >= 11 is 0. The van der Waals surface area contributed by atoms with Crippen LogP contribution in [0.15, 0.2) is 0 Å². The van der Waals surface area contributed by atoms with E-state index in [0.29, 0.717) is 39.4 Å². The second-order valence-corrected chi connectivity index (χ2v) is 7.95. The van der Waals surface area contributed by atoms with E-state index < -0.39 is 11.7 Å². The quantitative estimate of drug-likeness (QED) is 0.740. The molecule has 148 valence electrons. The molecule has 26 heavy (non-hydrogen) atoms. The Morgan fingerprint density at radius 2 is 1.77 bits per heavy atom. The number of likely N-dealkylation sites (tertiary alicyclic amines) is 1. The van der Waals surface area contributed by atoms with E-state index in [1.54, 1.807) is 32.7 Å². The molecule has 2 heterocycles. The minimum Gasteiger partial charge on any atom is -0.444 e. The largest absolute Gasteiger partial charge is 0.444 e. The van der Waals surface area contributed by atoms with Crippen molar-refractivity contribution in [3.05, 3.63) is 0 Å². The van der Waals surface area contributed by atoms with Crippen LogP contribution in [0.3, 0.4) is 0 Å². The van der Waals surface area contributed by atoms with Gasteiger partial charge < -0.3 is 24.2 Å². The van der Waals surface area contributed by atoms with Crippen LogP contribution in [0.4, 0.5) is 4.79 Å². The number of hydrogen-bond donors (Lipinski definition) is 0. The summed E-state index contributed by atoms with van der Waals surface area (Å²) < 4.78 is 10.6. The van der Waals surface area contributed by atoms with E-state index in [1.165, 1.54) is 4.90 Å². The highest BCUT2D eigenvalue weighted by Crippen LogP contribution is 2.20. The average molecular weight is 369 g/mol. The maximum absolute atomic E-state index is 12.7. The Morgan fingerprint density at radius 3 is 2.38 bits per heavy atom. The van der Waals surface area contributed by atoms with Gasteiger partial charge >= 0.3 is 6.09 Å². The van der Waals surface area contributed by atoms with Gasteiger partial charge in [0, 0.05) is 33.2 Å². The summed E-state index contributed by atoms with van der Waals surface area (Å²) in [6.45, 7) is 8.71. The van der Waals surface area contributed by atoms with Gasteiger partial charge in [0.15, 0.2) is 0 Å². The van der Waals surface area contributed by atoms with Crippen LogP contribution in [0.1, 0.15) is 33.6 Å². The van der Waals surface area contributed by atoms with Gasteiger partial charge in [0.25, 0.3) is 0 Å². The van der Waals surface area contributed by atoms with E-state index in [0.717, 1.165) is 12.8 Å². The van der Waals surface area contributed by atoms with Crippen molar-refractivity contribution >= 4 is 17.9 Å². The van der Waals surface area contributed by atoms with Crippen molar-refractivity contribution in [2.75, 3.05) is 53.0 Å². The Labute approximate surface area is 155 Å². The second-order valence-electron chi connectivity index (χ2n) is 7.95. The lowest BCUT2D eigenvalue weighted by molar-refractivity contribution is -0.144. The van der Waals surface area contributed by atoms with Crippen molar-refractivity contribution in [1.29, 1.82) is 0 Å². The Balaban J connectivity index is 1.86. The number of carbonyl (C=O) groups excluding carboxylic acids is 3. The number of morpholine rings is 1. The van der Waals surface area contributed by atoms with Crippen molar-refractivity contribution in [3.63, 3.8) is 0 Å². The Bertz CT molecular complexity index is 525. The Hall–Kier alpha value is -1.83. The molecule has 2 fully saturated rings. The van der Waals surface area contributed by atoms with Crippen LogP contribution >= 0.6 is 0 Å². The normalized spacial score (nSPS) is 21.3. The third-order valence-electron chi connectivity index (χ3n) is 4.52. The zero-order valence-electron chi connectivity index (χ0n) is 16.3. The predicted octanol–water partition coefficient (Wildman–Crippen LogP) is 0.951. The molecule has 2 saturated heterocycles. The molecule has 0 aromatic carbocycles. The molecule has 2 aliphatic rings. The van der Waals surface area contributed by atoms with Crippen LogP contribution in [0.25, 0.3) is 0 Å². The molecule has 0 spiro atoms. The summed E-state index contributed by atoms with van der Waals surface area (Å²) in [4.78, 5) is 42.0. The van der Waals surface area contributed by atoms with Gasteiger partial charge in [0.1, 0.15) is 12.1 Å². The lowest BCUT2D eigenvalue weighted by Crippen LogP contribution is -2.51. The first-order chi connectivity index (χ1) is 12.2. The highest BCUT2D eigenvalue weighted by atomic mass is 16.6. The fraction of sp³-hybridized carbons (Fsp3) is 0.833. The van der Waals surface area contributed by atoms with E-state index in [-0.39, 0.29) is 24.3 Å². The van der Waals surface area contributed by atoms with Gasteiger partial charge in [-0.25, -0.2) is 4.79 Å². The van der Waals surface area contributed by atoms with Crippen molar-refractivity contribution in [2.24, 2.45) is 5.92 Å². The van der Waals surface area contributed by atoms with Crippen LogP contribution in [0.2, 0.25) is 0 Å². The van der Waals surface area contributed by atoms with Crippen molar-refractivity contribution < 1.29 is 23.9 Å². The van der Waals surface area contributed by atoms with Gasteiger partial charge in [-0.1, -0.05) is 0 Å². The van der Waals surface area contributed by atoms with Crippen molar-refractivity contribution in [2.45, 2.75) is 39.2 Å². The van der Waals surface area contributed by atoms with Crippen LogP contribution in [-0.4, -0.2) is 91.2 Å². The van der Waals surface area contributed by atoms with E-state index in [4.69, 9.17) is 9.47 Å². The van der Waals surface area contributed by atoms with Gasteiger partial charge in [0.05, 0.1) is 19.1 Å². The van der Waals surface area contributed by atoms with Crippen LogP contribution in [0.5, 0.6) is 0 Å². The van der Waals surface area contributed by atoms with E-state index in [9.17, 15) is 14.4 Å². The topological polar surface area (TPSA) is 79.4 Å². The molecule has 0 N–H and O–H groups in total. The Morgan fingerprint density at radius 1 is 1.12 bits per heavy atom. The molecule has 0 bridgehead atoms. The summed E-state index contributed by atoms with van der Waals surface area (Å²) in [5.74, 6) is -0.221. The third-order valence-corrected chi connectivity index (χ3v) is 4.52. The van der Waals surface area contributed by atoms with E-state index in [1.807, 2.05) is 4.90 Å². The molecule has 0 aromatic rings. The number of ether oxygens (including phenoxy) is 2. The molecular weight excluding hydrogens is 338 g/mol. The average Bonchev–Trinajstić information content (AvgIpc) is 2.60. The van der Waals surface area contributed by atoms with Crippen molar-refractivity contribution in [1.82, 2.24) is 14.7 Å². The van der Waals surface area contributed by atoms with Crippen LogP contribution < -0.4 is 0 Å². The lowest BCUT2D eigenvalue weighted by Gasteiger charge is -2.36. The standard InChI is InChI=1S/C18H31N3O5/c1-18(2,3)26-17(24)19(4)13-15(22)21-7-5-6-14(12-21)16(23)20-8-10-25-11-9-20/h14H,5-13H2,1-4H3. The zero-order valence-corrected chi connectivity index (χ0v) is 16.3. The fourth-order valence-corrected chi connectivity index (χ4v) is 3.15. The molecule has 3 amide bonds. The monoisotopic (exact) mass is 369 g/mol. The number of hydrogen-bond acceptors (Lipinski definition) is 5. The minimum absolute atomic E-state index is 0.0482. The minimum atomic E-state index is -0.602. The summed E-state index contributed by atoms with van der Waals surface area (Å²) in [7, 11) is 1.55. The summed E-state index contributed by atoms with van der Waals surface area (Å²) in [5.41, 5.74) is -0.602. The fourth-order valence-electron chi connectivity index (χ4n) is 3.15. The molecule has 0 saturated carbocycles. The number of piperidine rings is 1. The van der Waals surface area contributed by atoms with E-state index >= 15 is 0 Å². The van der Waals surface area contributed by atoms with Crippen molar-refractivity contribution in [3.8, 4) is 0 Å². The molecule has 2 aliphatic heterocycles. The zero-order chi connectivity index (χ0) is 19.3. The SMILES string of the molecule is CN(CC(=O)N1CCCC(C(=O)N2CCOCC2)C1)C(=O)OC(C)(C)C. The first-order valence-corrected chi connectivity index (χ1v) is 9.26. The first kappa shape index (κ1) is 20.5. The Kier molecular flexibility index (Phi) is 6.86. The van der Waals surface area contributed by atoms with E-state index in [2.05, 4.69) is 0 Å². The number of amides is 3. The molecule has 1 unspecified atom stereocenters. The number of carbonyl (C=O) groups is 3. The maximum Gasteiger partial charge on any atom is 0.410 e. The number of nitrogens with zero attached hydrogens (tertiary/aromatic N) is 3. The summed E-state index contributed by atoms with van der Waals surface area (Å²) in [6, 6.07) is 0. The maximum atomic E-state index is 12.7. The second kappa shape index (κ2) is 8.70. The third kappa shape index (κ3) is 5.86. The number of rotatable bonds is 3. The van der Waals surface area contributed by atoms with Crippen LogP contribution in [-0.2, 0) is 19.1 Å². The summed E-state index contributed by atoms with van der Waals surface area (Å²) in [6.07, 6.45) is 1.06. The van der Waals surface area contributed by atoms with Gasteiger partial charge in [-0.3, -0.25) is 9.59 Å². The predicted molar refractivity (Wildman–Crippen MR) is 95.6 cm³/mol. The van der Waals surface area contributed by atoms with Gasteiger partial charge in [-0.15, -0.1) is 0 Å². The van der Waals surface area contributed by atoms with Gasteiger partial charge in [0.2, 0.25) is 11.8 Å².